The summed E-state index contributed by atoms with van der Waals surface area (Å²) in [7, 11) is 0. The lowest BCUT2D eigenvalue weighted by molar-refractivity contribution is 0.102. The number of nitrogens with one attached hydrogen (secondary N) is 1. The van der Waals surface area contributed by atoms with Gasteiger partial charge in [-0.1, -0.05) is 36.5 Å². The minimum absolute atomic E-state index is 0.234. The lowest BCUT2D eigenvalue weighted by atomic mass is 10.1. The minimum Gasteiger partial charge on any atom is -0.296 e. The van der Waals surface area contributed by atoms with Crippen LogP contribution in [0.4, 0.5) is 5.13 Å². The first kappa shape index (κ1) is 12.7. The monoisotopic (exact) mass is 283 g/mol. The Labute approximate surface area is 120 Å². The number of benzene rings is 1. The van der Waals surface area contributed by atoms with Crippen LogP contribution in [0, 0.1) is 0 Å². The van der Waals surface area contributed by atoms with Gasteiger partial charge >= 0.3 is 0 Å². The van der Waals surface area contributed by atoms with Gasteiger partial charge in [0.05, 0.1) is 10.2 Å². The number of amides is 1. The molecule has 0 aliphatic rings. The Hall–Kier alpha value is -2.27. The van der Waals surface area contributed by atoms with E-state index in [0.717, 1.165) is 16.6 Å². The van der Waals surface area contributed by atoms with E-state index in [0.29, 0.717) is 10.8 Å². The Morgan fingerprint density at radius 3 is 2.90 bits per heavy atom. The Balaban J connectivity index is 1.90. The first-order chi connectivity index (χ1) is 9.78. The number of pyridine rings is 1. The second-order valence-electron chi connectivity index (χ2n) is 4.31. The second kappa shape index (κ2) is 5.38. The van der Waals surface area contributed by atoms with Crippen molar-refractivity contribution in [2.24, 2.45) is 0 Å². The number of para-hydroxylation sites is 1. The molecule has 3 rings (SSSR count). The maximum atomic E-state index is 12.0. The second-order valence-corrected chi connectivity index (χ2v) is 5.34. The molecule has 0 saturated carbocycles. The van der Waals surface area contributed by atoms with Crippen molar-refractivity contribution in [3.8, 4) is 0 Å². The predicted octanol–water partition coefficient (Wildman–Crippen LogP) is 3.51. The number of aryl methyl sites for hydroxylation is 1. The zero-order valence-corrected chi connectivity index (χ0v) is 11.8. The molecule has 0 saturated heterocycles. The summed E-state index contributed by atoms with van der Waals surface area (Å²) in [6.45, 7) is 2.10. The molecule has 0 radical (unpaired) electrons. The van der Waals surface area contributed by atoms with Gasteiger partial charge in [0, 0.05) is 6.20 Å². The van der Waals surface area contributed by atoms with Gasteiger partial charge in [-0.2, -0.15) is 0 Å². The first-order valence-corrected chi connectivity index (χ1v) is 7.20. The van der Waals surface area contributed by atoms with Crippen molar-refractivity contribution in [1.29, 1.82) is 0 Å². The zero-order valence-electron chi connectivity index (χ0n) is 11.0. The van der Waals surface area contributed by atoms with Crippen molar-refractivity contribution < 1.29 is 4.79 Å². The molecule has 3 aromatic rings. The van der Waals surface area contributed by atoms with Gasteiger partial charge in [0.2, 0.25) is 0 Å². The number of nitrogens with zero attached hydrogens (tertiary/aromatic N) is 2. The molecular weight excluding hydrogens is 270 g/mol. The fraction of sp³-hybridized carbons (Fsp3) is 0.133. The van der Waals surface area contributed by atoms with Crippen molar-refractivity contribution in [3.05, 3.63) is 53.9 Å². The molecule has 100 valence electrons. The summed E-state index contributed by atoms with van der Waals surface area (Å²) in [6.07, 6.45) is 2.52. The number of fused-ring (bicyclic) bond motifs is 1. The van der Waals surface area contributed by atoms with E-state index >= 15 is 0 Å². The minimum atomic E-state index is -0.234. The molecule has 2 aromatic heterocycles. The summed E-state index contributed by atoms with van der Waals surface area (Å²) in [5.74, 6) is -0.234. The fourth-order valence-electron chi connectivity index (χ4n) is 2.00. The van der Waals surface area contributed by atoms with Crippen molar-refractivity contribution >= 4 is 32.6 Å². The lowest BCUT2D eigenvalue weighted by Crippen LogP contribution is -2.12. The summed E-state index contributed by atoms with van der Waals surface area (Å²) in [5.41, 5.74) is 2.55. The third-order valence-corrected chi connectivity index (χ3v) is 3.94. The Morgan fingerprint density at radius 1 is 1.25 bits per heavy atom. The average molecular weight is 283 g/mol. The highest BCUT2D eigenvalue weighted by molar-refractivity contribution is 7.22. The zero-order chi connectivity index (χ0) is 13.9. The van der Waals surface area contributed by atoms with E-state index in [4.69, 9.17) is 0 Å². The third kappa shape index (κ3) is 2.40. The van der Waals surface area contributed by atoms with Crippen molar-refractivity contribution in [1.82, 2.24) is 9.97 Å². The number of thiazole rings is 1. The highest BCUT2D eigenvalue weighted by Crippen LogP contribution is 2.28. The summed E-state index contributed by atoms with van der Waals surface area (Å²) in [4.78, 5) is 20.6. The van der Waals surface area contributed by atoms with Crippen LogP contribution in [0.15, 0.2) is 42.6 Å². The fourth-order valence-corrected chi connectivity index (χ4v) is 2.91. The van der Waals surface area contributed by atoms with Crippen LogP contribution in [-0.2, 0) is 6.42 Å². The highest BCUT2D eigenvalue weighted by Gasteiger charge is 2.11. The van der Waals surface area contributed by atoms with E-state index in [1.807, 2.05) is 12.1 Å². The summed E-state index contributed by atoms with van der Waals surface area (Å²) in [6, 6.07) is 11.3. The van der Waals surface area contributed by atoms with Crippen molar-refractivity contribution in [3.63, 3.8) is 0 Å². The molecule has 0 aliphatic carbocycles. The van der Waals surface area contributed by atoms with Crippen LogP contribution in [0.5, 0.6) is 0 Å². The van der Waals surface area contributed by atoms with Crippen LogP contribution in [0.1, 0.15) is 23.0 Å². The Morgan fingerprint density at radius 2 is 2.15 bits per heavy atom. The molecule has 0 unspecified atom stereocenters. The SMILES string of the molecule is CCc1cccc2sc(NC(=O)c3ccccn3)nc12. The van der Waals surface area contributed by atoms with E-state index in [1.54, 1.807) is 24.4 Å². The van der Waals surface area contributed by atoms with E-state index in [-0.39, 0.29) is 5.91 Å². The van der Waals surface area contributed by atoms with Crippen molar-refractivity contribution in [2.45, 2.75) is 13.3 Å². The molecule has 0 spiro atoms. The van der Waals surface area contributed by atoms with Gasteiger partial charge in [0.15, 0.2) is 5.13 Å². The molecule has 0 atom stereocenters. The van der Waals surface area contributed by atoms with Crippen LogP contribution in [-0.4, -0.2) is 15.9 Å². The largest absolute Gasteiger partial charge is 0.296 e. The molecule has 0 bridgehead atoms. The van der Waals surface area contributed by atoms with Gasteiger partial charge < -0.3 is 0 Å². The number of anilines is 1. The third-order valence-electron chi connectivity index (χ3n) is 3.00. The van der Waals surface area contributed by atoms with Gasteiger partial charge in [0.1, 0.15) is 5.69 Å². The standard InChI is InChI=1S/C15H13N3OS/c1-2-10-6-5-8-12-13(10)17-15(20-12)18-14(19)11-7-3-4-9-16-11/h3-9H,2H2,1H3,(H,17,18,19). The number of aromatic nitrogens is 2. The van der Waals surface area contributed by atoms with E-state index in [1.165, 1.54) is 16.9 Å². The smallest absolute Gasteiger partial charge is 0.276 e. The average Bonchev–Trinajstić information content (AvgIpc) is 2.90. The van der Waals surface area contributed by atoms with Gasteiger partial charge in [-0.3, -0.25) is 15.1 Å². The maximum Gasteiger partial charge on any atom is 0.276 e. The molecular formula is C15H13N3OS. The summed E-state index contributed by atoms with van der Waals surface area (Å²) in [5, 5.41) is 3.41. The van der Waals surface area contributed by atoms with E-state index in [2.05, 4.69) is 28.3 Å². The van der Waals surface area contributed by atoms with E-state index < -0.39 is 0 Å². The number of hydrogen-bond donors (Lipinski definition) is 1. The number of rotatable bonds is 3. The topological polar surface area (TPSA) is 54.9 Å². The van der Waals surface area contributed by atoms with Crippen molar-refractivity contribution in [2.75, 3.05) is 5.32 Å². The molecule has 4 nitrogen and oxygen atoms in total. The van der Waals surface area contributed by atoms with Crippen LogP contribution in [0.3, 0.4) is 0 Å². The maximum absolute atomic E-state index is 12.0. The molecule has 20 heavy (non-hydrogen) atoms. The molecule has 0 fully saturated rings. The Kier molecular flexibility index (Phi) is 3.43. The normalized spacial score (nSPS) is 10.7. The number of carbonyl (C=O) groups is 1. The number of hydrogen-bond acceptors (Lipinski definition) is 4. The summed E-state index contributed by atoms with van der Waals surface area (Å²) < 4.78 is 1.08. The molecule has 1 N–H and O–H groups in total. The molecule has 0 aliphatic heterocycles. The van der Waals surface area contributed by atoms with Crippen LogP contribution in [0.25, 0.3) is 10.2 Å². The highest BCUT2D eigenvalue weighted by atomic mass is 32.1. The van der Waals surface area contributed by atoms with Crippen LogP contribution < -0.4 is 5.32 Å². The quantitative estimate of drug-likeness (QED) is 0.800. The summed E-state index contributed by atoms with van der Waals surface area (Å²) >= 11 is 1.48. The predicted molar refractivity (Wildman–Crippen MR) is 81.2 cm³/mol. The molecule has 2 heterocycles. The van der Waals surface area contributed by atoms with Gasteiger partial charge in [-0.15, -0.1) is 0 Å². The van der Waals surface area contributed by atoms with Gasteiger partial charge in [-0.25, -0.2) is 4.98 Å². The molecule has 1 aromatic carbocycles. The number of carbonyl (C=O) groups excluding carboxylic acids is 1. The van der Waals surface area contributed by atoms with Gasteiger partial charge in [0.25, 0.3) is 5.91 Å². The molecule has 1 amide bonds. The lowest BCUT2D eigenvalue weighted by Gasteiger charge is -1.99. The van der Waals surface area contributed by atoms with E-state index in [9.17, 15) is 4.79 Å². The van der Waals surface area contributed by atoms with Crippen LogP contribution >= 0.6 is 11.3 Å². The Bertz CT molecular complexity index is 752. The molecule has 5 heteroatoms. The first-order valence-electron chi connectivity index (χ1n) is 6.38. The van der Waals surface area contributed by atoms with Crippen LogP contribution in [0.2, 0.25) is 0 Å². The van der Waals surface area contributed by atoms with Gasteiger partial charge in [-0.05, 0) is 30.2 Å².